The van der Waals surface area contributed by atoms with Crippen LogP contribution in [0.1, 0.15) is 6.42 Å². The molecule has 2 N–H and O–H groups in total. The van der Waals surface area contributed by atoms with Crippen molar-refractivity contribution in [1.82, 2.24) is 14.9 Å². The van der Waals surface area contributed by atoms with Crippen molar-refractivity contribution in [2.45, 2.75) is 6.42 Å². The summed E-state index contributed by atoms with van der Waals surface area (Å²) >= 11 is 0. The number of anilines is 1. The Labute approximate surface area is 122 Å². The Balaban J connectivity index is 0.00000147. The van der Waals surface area contributed by atoms with Gasteiger partial charge in [0.1, 0.15) is 5.82 Å². The molecular weight excluding hydrogens is 283 g/mol. The Morgan fingerprint density at radius 1 is 1.55 bits per heavy atom. The molecule has 1 saturated heterocycles. The van der Waals surface area contributed by atoms with Gasteiger partial charge in [0.25, 0.3) is 0 Å². The van der Waals surface area contributed by atoms with Gasteiger partial charge >= 0.3 is 0 Å². The van der Waals surface area contributed by atoms with Crippen LogP contribution in [0.5, 0.6) is 0 Å². The van der Waals surface area contributed by atoms with Gasteiger partial charge in [0.2, 0.25) is 11.9 Å². The highest BCUT2D eigenvalue weighted by Gasteiger charge is 2.23. The molecule has 2 heterocycles. The van der Waals surface area contributed by atoms with E-state index in [1.54, 1.807) is 17.7 Å². The second-order valence-corrected chi connectivity index (χ2v) is 4.81. The zero-order valence-corrected chi connectivity index (χ0v) is 11.8. The molecule has 1 aromatic heterocycles. The molecule has 0 aliphatic carbocycles. The maximum atomic E-state index is 13.1. The predicted molar refractivity (Wildman–Crippen MR) is 77.5 cm³/mol. The number of hydrogen-bond acceptors (Lipinski definition) is 3. The number of fused-ring (bicyclic) bond motifs is 1. The van der Waals surface area contributed by atoms with E-state index in [0.29, 0.717) is 18.0 Å². The molecule has 1 aliphatic heterocycles. The average Bonchev–Trinajstić information content (AvgIpc) is 2.99. The number of carbonyl (C=O) groups is 1. The molecule has 1 aliphatic rings. The third-order valence-corrected chi connectivity index (χ3v) is 3.51. The summed E-state index contributed by atoms with van der Waals surface area (Å²) in [5.41, 5.74) is 1.34. The first kappa shape index (κ1) is 14.7. The minimum Gasteiger partial charge on any atom is -0.316 e. The monoisotopic (exact) mass is 298 g/mol. The maximum Gasteiger partial charge on any atom is 0.231 e. The highest BCUT2D eigenvalue weighted by atomic mass is 35.5. The molecule has 1 unspecified atom stereocenters. The fourth-order valence-corrected chi connectivity index (χ4v) is 2.38. The summed E-state index contributed by atoms with van der Waals surface area (Å²) in [5, 5.41) is 5.96. The first-order valence-electron chi connectivity index (χ1n) is 6.29. The number of imidazole rings is 1. The number of amides is 1. The molecule has 1 atom stereocenters. The number of carbonyl (C=O) groups excluding carboxylic acids is 1. The molecule has 1 amide bonds. The van der Waals surface area contributed by atoms with Crippen LogP contribution in [-0.4, -0.2) is 28.5 Å². The molecular formula is C13H16ClFN4O. The van der Waals surface area contributed by atoms with E-state index in [-0.39, 0.29) is 30.0 Å². The van der Waals surface area contributed by atoms with Gasteiger partial charge < -0.3 is 9.88 Å². The van der Waals surface area contributed by atoms with E-state index in [9.17, 15) is 9.18 Å². The first-order chi connectivity index (χ1) is 9.15. The van der Waals surface area contributed by atoms with Crippen molar-refractivity contribution in [2.75, 3.05) is 18.4 Å². The van der Waals surface area contributed by atoms with Gasteiger partial charge in [-0.1, -0.05) is 0 Å². The van der Waals surface area contributed by atoms with Crippen LogP contribution in [0.15, 0.2) is 18.2 Å². The molecule has 0 radical (unpaired) electrons. The minimum atomic E-state index is -0.330. The van der Waals surface area contributed by atoms with Gasteiger partial charge in [-0.2, -0.15) is 0 Å². The van der Waals surface area contributed by atoms with Crippen LogP contribution in [0.25, 0.3) is 11.0 Å². The molecule has 7 heteroatoms. The summed E-state index contributed by atoms with van der Waals surface area (Å²) in [4.78, 5) is 16.3. The van der Waals surface area contributed by atoms with Crippen molar-refractivity contribution in [3.8, 4) is 0 Å². The average molecular weight is 299 g/mol. The number of aromatic nitrogens is 2. The van der Waals surface area contributed by atoms with Crippen molar-refractivity contribution >= 4 is 35.3 Å². The Morgan fingerprint density at radius 3 is 3.05 bits per heavy atom. The number of hydrogen-bond donors (Lipinski definition) is 2. The second kappa shape index (κ2) is 5.76. The van der Waals surface area contributed by atoms with Crippen LogP contribution < -0.4 is 10.6 Å². The number of nitrogens with zero attached hydrogens (tertiary/aromatic N) is 2. The summed E-state index contributed by atoms with van der Waals surface area (Å²) in [5.74, 6) is 0.0707. The lowest BCUT2D eigenvalue weighted by molar-refractivity contribution is -0.119. The van der Waals surface area contributed by atoms with Gasteiger partial charge in [0.15, 0.2) is 0 Å². The van der Waals surface area contributed by atoms with Crippen LogP contribution in [0.2, 0.25) is 0 Å². The maximum absolute atomic E-state index is 13.1. The molecule has 20 heavy (non-hydrogen) atoms. The van der Waals surface area contributed by atoms with Crippen molar-refractivity contribution in [2.24, 2.45) is 13.0 Å². The number of halogens is 2. The Morgan fingerprint density at radius 2 is 2.35 bits per heavy atom. The van der Waals surface area contributed by atoms with E-state index in [1.807, 2.05) is 0 Å². The van der Waals surface area contributed by atoms with E-state index in [2.05, 4.69) is 15.6 Å². The molecule has 1 aromatic carbocycles. The van der Waals surface area contributed by atoms with Gasteiger partial charge in [0, 0.05) is 19.7 Å². The summed E-state index contributed by atoms with van der Waals surface area (Å²) in [7, 11) is 1.80. The number of nitrogens with one attached hydrogen (secondary N) is 2. The summed E-state index contributed by atoms with van der Waals surface area (Å²) in [6.07, 6.45) is 0.838. The molecule has 108 valence electrons. The molecule has 0 saturated carbocycles. The zero-order chi connectivity index (χ0) is 13.4. The highest BCUT2D eigenvalue weighted by molar-refractivity contribution is 5.93. The smallest absolute Gasteiger partial charge is 0.231 e. The van der Waals surface area contributed by atoms with E-state index >= 15 is 0 Å². The van der Waals surface area contributed by atoms with Crippen molar-refractivity contribution in [3.63, 3.8) is 0 Å². The van der Waals surface area contributed by atoms with Gasteiger partial charge in [-0.15, -0.1) is 12.4 Å². The Bertz CT molecular complexity index is 637. The number of benzene rings is 1. The largest absolute Gasteiger partial charge is 0.316 e. The zero-order valence-electron chi connectivity index (χ0n) is 11.0. The summed E-state index contributed by atoms with van der Waals surface area (Å²) in [6, 6.07) is 4.41. The fraction of sp³-hybridized carbons (Fsp3) is 0.385. The van der Waals surface area contributed by atoms with Crippen molar-refractivity contribution < 1.29 is 9.18 Å². The van der Waals surface area contributed by atoms with E-state index in [1.165, 1.54) is 12.1 Å². The van der Waals surface area contributed by atoms with Crippen LogP contribution in [0.4, 0.5) is 10.3 Å². The summed E-state index contributed by atoms with van der Waals surface area (Å²) < 4.78 is 14.9. The second-order valence-electron chi connectivity index (χ2n) is 4.81. The topological polar surface area (TPSA) is 59.0 Å². The summed E-state index contributed by atoms with van der Waals surface area (Å²) in [6.45, 7) is 1.57. The van der Waals surface area contributed by atoms with Crippen LogP contribution in [0, 0.1) is 11.7 Å². The lowest BCUT2D eigenvalue weighted by Gasteiger charge is -2.09. The third-order valence-electron chi connectivity index (χ3n) is 3.51. The van der Waals surface area contributed by atoms with Gasteiger partial charge in [-0.25, -0.2) is 9.37 Å². The van der Waals surface area contributed by atoms with E-state index in [4.69, 9.17) is 0 Å². The molecule has 5 nitrogen and oxygen atoms in total. The minimum absolute atomic E-state index is 0. The van der Waals surface area contributed by atoms with Crippen molar-refractivity contribution in [1.29, 1.82) is 0 Å². The molecule has 1 fully saturated rings. The third kappa shape index (κ3) is 2.62. The predicted octanol–water partition coefficient (Wildman–Crippen LogP) is 1.68. The molecule has 3 rings (SSSR count). The molecule has 0 spiro atoms. The quantitative estimate of drug-likeness (QED) is 0.887. The molecule has 2 aromatic rings. The number of rotatable bonds is 2. The lowest BCUT2D eigenvalue weighted by atomic mass is 10.1. The lowest BCUT2D eigenvalue weighted by Crippen LogP contribution is -2.25. The van der Waals surface area contributed by atoms with E-state index in [0.717, 1.165) is 18.5 Å². The van der Waals surface area contributed by atoms with Gasteiger partial charge in [0.05, 0.1) is 17.0 Å². The van der Waals surface area contributed by atoms with Gasteiger partial charge in [-0.05, 0) is 25.1 Å². The fourth-order valence-electron chi connectivity index (χ4n) is 2.38. The van der Waals surface area contributed by atoms with Gasteiger partial charge in [-0.3, -0.25) is 10.1 Å². The van der Waals surface area contributed by atoms with Crippen LogP contribution >= 0.6 is 12.4 Å². The normalized spacial score (nSPS) is 18.0. The van der Waals surface area contributed by atoms with Crippen LogP contribution in [0.3, 0.4) is 0 Å². The molecule has 0 bridgehead atoms. The van der Waals surface area contributed by atoms with Crippen molar-refractivity contribution in [3.05, 3.63) is 24.0 Å². The first-order valence-corrected chi connectivity index (χ1v) is 6.29. The number of aryl methyl sites for hydroxylation is 1. The standard InChI is InChI=1S/C13H15FN4O.ClH/c1-18-11-3-2-9(14)6-10(11)16-13(18)17-12(19)8-4-5-15-7-8;/h2-3,6,8,15H,4-5,7H2,1H3,(H,16,17,19);1H. The SMILES string of the molecule is Cl.Cn1c(NC(=O)C2CCNC2)nc2cc(F)ccc21. The van der Waals surface area contributed by atoms with Crippen LogP contribution in [-0.2, 0) is 11.8 Å². The Kier molecular flexibility index (Phi) is 4.25. The Hall–Kier alpha value is -1.66. The highest BCUT2D eigenvalue weighted by Crippen LogP contribution is 2.20. The van der Waals surface area contributed by atoms with E-state index < -0.39 is 0 Å².